The molecule has 0 radical (unpaired) electrons. The van der Waals surface area contributed by atoms with Crippen molar-refractivity contribution in [2.24, 2.45) is 5.92 Å². The van der Waals surface area contributed by atoms with Crippen LogP contribution in [0, 0.1) is 5.92 Å². The van der Waals surface area contributed by atoms with E-state index in [0.29, 0.717) is 6.04 Å². The van der Waals surface area contributed by atoms with Gasteiger partial charge in [-0.2, -0.15) is 0 Å². The summed E-state index contributed by atoms with van der Waals surface area (Å²) in [5.74, 6) is 0.768. The molecule has 2 heteroatoms. The van der Waals surface area contributed by atoms with Crippen molar-refractivity contribution in [1.29, 1.82) is 0 Å². The topological polar surface area (TPSA) is 15.3 Å². The minimum absolute atomic E-state index is 0.711. The van der Waals surface area contributed by atoms with Crippen LogP contribution < -0.4 is 5.32 Å². The molecule has 1 aromatic carbocycles. The fourth-order valence-electron chi connectivity index (χ4n) is 2.80. The van der Waals surface area contributed by atoms with E-state index in [1.54, 1.807) is 0 Å². The van der Waals surface area contributed by atoms with Crippen LogP contribution in [0.15, 0.2) is 30.3 Å². The summed E-state index contributed by atoms with van der Waals surface area (Å²) in [4.78, 5) is 2.60. The van der Waals surface area contributed by atoms with Gasteiger partial charge in [-0.05, 0) is 37.9 Å². The maximum Gasteiger partial charge on any atom is 0.0114 e. The molecule has 2 atom stereocenters. The molecule has 1 aliphatic heterocycles. The van der Waals surface area contributed by atoms with E-state index < -0.39 is 0 Å². The Kier molecular flexibility index (Phi) is 4.57. The number of hydrogen-bond donors (Lipinski definition) is 1. The van der Waals surface area contributed by atoms with E-state index in [9.17, 15) is 0 Å². The second kappa shape index (κ2) is 6.18. The third-order valence-corrected chi connectivity index (χ3v) is 3.92. The zero-order valence-corrected chi connectivity index (χ0v) is 11.0. The molecule has 0 saturated carbocycles. The molecule has 1 aliphatic rings. The highest BCUT2D eigenvalue weighted by atomic mass is 15.1. The summed E-state index contributed by atoms with van der Waals surface area (Å²) in [6.45, 7) is 6.03. The fourth-order valence-corrected chi connectivity index (χ4v) is 2.80. The summed E-state index contributed by atoms with van der Waals surface area (Å²) in [5, 5.41) is 3.42. The first kappa shape index (κ1) is 12.6. The summed E-state index contributed by atoms with van der Waals surface area (Å²) >= 11 is 0. The first-order valence-corrected chi connectivity index (χ1v) is 6.73. The van der Waals surface area contributed by atoms with E-state index in [1.165, 1.54) is 38.0 Å². The summed E-state index contributed by atoms with van der Waals surface area (Å²) in [7, 11) is 2.08. The zero-order valence-electron chi connectivity index (χ0n) is 11.0. The number of hydrogen-bond acceptors (Lipinski definition) is 2. The molecule has 2 nitrogen and oxygen atoms in total. The molecule has 17 heavy (non-hydrogen) atoms. The molecule has 0 amide bonds. The second-order valence-electron chi connectivity index (χ2n) is 5.20. The summed E-state index contributed by atoms with van der Waals surface area (Å²) < 4.78 is 0. The van der Waals surface area contributed by atoms with E-state index in [-0.39, 0.29) is 0 Å². The van der Waals surface area contributed by atoms with Crippen molar-refractivity contribution in [2.75, 3.05) is 26.7 Å². The first-order valence-electron chi connectivity index (χ1n) is 6.73. The third kappa shape index (κ3) is 3.55. The summed E-state index contributed by atoms with van der Waals surface area (Å²) in [6.07, 6.45) is 2.46. The molecule has 0 aliphatic carbocycles. The SMILES string of the molecule is CNC1CCN(CCc2ccccc2)CC1C. The monoisotopic (exact) mass is 232 g/mol. The molecule has 0 bridgehead atoms. The van der Waals surface area contributed by atoms with Gasteiger partial charge in [-0.15, -0.1) is 0 Å². The number of likely N-dealkylation sites (tertiary alicyclic amines) is 1. The highest BCUT2D eigenvalue weighted by Gasteiger charge is 2.24. The van der Waals surface area contributed by atoms with Gasteiger partial charge in [-0.3, -0.25) is 0 Å². The molecule has 1 N–H and O–H groups in total. The van der Waals surface area contributed by atoms with Crippen LogP contribution in [-0.2, 0) is 6.42 Å². The lowest BCUT2D eigenvalue weighted by molar-refractivity contribution is 0.153. The Morgan fingerprint density at radius 1 is 1.29 bits per heavy atom. The zero-order chi connectivity index (χ0) is 12.1. The molecule has 2 rings (SSSR count). The van der Waals surface area contributed by atoms with E-state index >= 15 is 0 Å². The molecule has 0 aromatic heterocycles. The summed E-state index contributed by atoms with van der Waals surface area (Å²) in [6, 6.07) is 11.5. The second-order valence-corrected chi connectivity index (χ2v) is 5.20. The van der Waals surface area contributed by atoms with Gasteiger partial charge in [0.05, 0.1) is 0 Å². The van der Waals surface area contributed by atoms with Crippen molar-refractivity contribution in [3.63, 3.8) is 0 Å². The van der Waals surface area contributed by atoms with E-state index in [1.807, 2.05) is 0 Å². The van der Waals surface area contributed by atoms with Crippen LogP contribution in [0.2, 0.25) is 0 Å². The van der Waals surface area contributed by atoms with Crippen LogP contribution in [0.5, 0.6) is 0 Å². The maximum absolute atomic E-state index is 3.42. The number of piperidine rings is 1. The minimum Gasteiger partial charge on any atom is -0.317 e. The van der Waals surface area contributed by atoms with Gasteiger partial charge in [0.15, 0.2) is 0 Å². The summed E-state index contributed by atoms with van der Waals surface area (Å²) in [5.41, 5.74) is 1.45. The lowest BCUT2D eigenvalue weighted by Gasteiger charge is -2.36. The van der Waals surface area contributed by atoms with Crippen LogP contribution in [0.1, 0.15) is 18.9 Å². The molecule has 1 fully saturated rings. The van der Waals surface area contributed by atoms with Gasteiger partial charge in [0.1, 0.15) is 0 Å². The molecule has 1 heterocycles. The predicted molar refractivity (Wildman–Crippen MR) is 73.2 cm³/mol. The lowest BCUT2D eigenvalue weighted by atomic mass is 9.94. The fraction of sp³-hybridized carbons (Fsp3) is 0.600. The van der Waals surface area contributed by atoms with E-state index in [0.717, 1.165) is 5.92 Å². The van der Waals surface area contributed by atoms with Gasteiger partial charge in [0, 0.05) is 19.1 Å². The van der Waals surface area contributed by atoms with Gasteiger partial charge >= 0.3 is 0 Å². The van der Waals surface area contributed by atoms with Gasteiger partial charge in [-0.1, -0.05) is 37.3 Å². The van der Waals surface area contributed by atoms with Crippen LogP contribution >= 0.6 is 0 Å². The Morgan fingerprint density at radius 3 is 2.71 bits per heavy atom. The Bertz CT molecular complexity index is 323. The van der Waals surface area contributed by atoms with Crippen molar-refractivity contribution in [3.05, 3.63) is 35.9 Å². The molecular formula is C15H24N2. The number of benzene rings is 1. The largest absolute Gasteiger partial charge is 0.317 e. The Hall–Kier alpha value is -0.860. The average molecular weight is 232 g/mol. The Labute approximate surface area is 105 Å². The molecule has 94 valence electrons. The predicted octanol–water partition coefficient (Wildman–Crippen LogP) is 2.16. The van der Waals surface area contributed by atoms with Gasteiger partial charge in [0.25, 0.3) is 0 Å². The van der Waals surface area contributed by atoms with Crippen LogP contribution in [0.25, 0.3) is 0 Å². The number of nitrogens with one attached hydrogen (secondary N) is 1. The van der Waals surface area contributed by atoms with Crippen molar-refractivity contribution in [2.45, 2.75) is 25.8 Å². The molecule has 1 aromatic rings. The van der Waals surface area contributed by atoms with Crippen LogP contribution in [-0.4, -0.2) is 37.6 Å². The van der Waals surface area contributed by atoms with Crippen molar-refractivity contribution in [1.82, 2.24) is 10.2 Å². The highest BCUT2D eigenvalue weighted by Crippen LogP contribution is 2.16. The van der Waals surface area contributed by atoms with Crippen LogP contribution in [0.4, 0.5) is 0 Å². The molecule has 0 spiro atoms. The first-order chi connectivity index (χ1) is 8.29. The smallest absolute Gasteiger partial charge is 0.0114 e. The quantitative estimate of drug-likeness (QED) is 0.856. The standard InChI is InChI=1S/C15H24N2/c1-13-12-17(11-9-15(13)16-2)10-8-14-6-4-3-5-7-14/h3-7,13,15-16H,8-12H2,1-2H3. The minimum atomic E-state index is 0.711. The van der Waals surface area contributed by atoms with E-state index in [2.05, 4.69) is 54.5 Å². The van der Waals surface area contributed by atoms with Gasteiger partial charge in [0.2, 0.25) is 0 Å². The van der Waals surface area contributed by atoms with Crippen LogP contribution in [0.3, 0.4) is 0 Å². The Morgan fingerprint density at radius 2 is 2.06 bits per heavy atom. The van der Waals surface area contributed by atoms with Crippen molar-refractivity contribution in [3.8, 4) is 0 Å². The van der Waals surface area contributed by atoms with Gasteiger partial charge < -0.3 is 10.2 Å². The van der Waals surface area contributed by atoms with Gasteiger partial charge in [-0.25, -0.2) is 0 Å². The average Bonchev–Trinajstić information content (AvgIpc) is 2.38. The lowest BCUT2D eigenvalue weighted by Crippen LogP contribution is -2.47. The normalized spacial score (nSPS) is 26.0. The van der Waals surface area contributed by atoms with Crippen molar-refractivity contribution < 1.29 is 0 Å². The molecular weight excluding hydrogens is 208 g/mol. The number of nitrogens with zero attached hydrogens (tertiary/aromatic N) is 1. The Balaban J connectivity index is 1.78. The number of rotatable bonds is 4. The van der Waals surface area contributed by atoms with Crippen molar-refractivity contribution >= 4 is 0 Å². The van der Waals surface area contributed by atoms with E-state index in [4.69, 9.17) is 0 Å². The highest BCUT2D eigenvalue weighted by molar-refractivity contribution is 5.14. The molecule has 1 saturated heterocycles. The third-order valence-electron chi connectivity index (χ3n) is 3.92. The maximum atomic E-state index is 3.42. The molecule has 2 unspecified atom stereocenters.